The molecule has 1 aliphatic rings. The van der Waals surface area contributed by atoms with E-state index in [-0.39, 0.29) is 6.04 Å². The first-order chi connectivity index (χ1) is 11.7. The average Bonchev–Trinajstić information content (AvgIpc) is 3.06. The third-order valence-electron chi connectivity index (χ3n) is 4.10. The Bertz CT molecular complexity index is 657. The number of hydrogen-bond acceptors (Lipinski definition) is 4. The van der Waals surface area contributed by atoms with Crippen molar-refractivity contribution in [2.24, 2.45) is 0 Å². The Morgan fingerprint density at radius 3 is 2.42 bits per heavy atom. The molecule has 0 spiro atoms. The molecule has 2 aromatic carbocycles. The van der Waals surface area contributed by atoms with Gasteiger partial charge in [-0.3, -0.25) is 9.69 Å². The van der Waals surface area contributed by atoms with Crippen molar-refractivity contribution in [3.8, 4) is 17.2 Å². The van der Waals surface area contributed by atoms with E-state index in [9.17, 15) is 4.79 Å². The van der Waals surface area contributed by atoms with Crippen molar-refractivity contribution in [3.63, 3.8) is 0 Å². The number of ether oxygens (including phenoxy) is 2. The summed E-state index contributed by atoms with van der Waals surface area (Å²) in [5, 5.41) is 9.16. The number of para-hydroxylation sites is 1. The van der Waals surface area contributed by atoms with E-state index in [0.717, 1.165) is 36.6 Å². The van der Waals surface area contributed by atoms with E-state index in [4.69, 9.17) is 14.6 Å². The lowest BCUT2D eigenvalue weighted by Crippen LogP contribution is -2.38. The maximum Gasteiger partial charge on any atom is 0.320 e. The normalized spacial score (nSPS) is 17.6. The van der Waals surface area contributed by atoms with Gasteiger partial charge >= 0.3 is 5.97 Å². The summed E-state index contributed by atoms with van der Waals surface area (Å²) in [5.74, 6) is 1.55. The monoisotopic (exact) mass is 327 g/mol. The molecule has 0 saturated carbocycles. The number of carbonyl (C=O) groups is 1. The fraction of sp³-hybridized carbons (Fsp3) is 0.316. The predicted molar refractivity (Wildman–Crippen MR) is 90.7 cm³/mol. The Kier molecular flexibility index (Phi) is 5.33. The number of aliphatic carboxylic acids is 1. The van der Waals surface area contributed by atoms with Crippen LogP contribution in [0.2, 0.25) is 0 Å². The molecule has 0 radical (unpaired) electrons. The van der Waals surface area contributed by atoms with Crippen molar-refractivity contribution < 1.29 is 19.4 Å². The smallest absolute Gasteiger partial charge is 0.320 e. The van der Waals surface area contributed by atoms with E-state index < -0.39 is 5.97 Å². The summed E-state index contributed by atoms with van der Waals surface area (Å²) in [4.78, 5) is 13.1. The highest BCUT2D eigenvalue weighted by Crippen LogP contribution is 2.23. The van der Waals surface area contributed by atoms with E-state index in [1.807, 2.05) is 59.5 Å². The lowest BCUT2D eigenvalue weighted by Gasteiger charge is -2.20. The molecule has 24 heavy (non-hydrogen) atoms. The minimum Gasteiger partial charge on any atom is -0.492 e. The van der Waals surface area contributed by atoms with Crippen LogP contribution in [0.15, 0.2) is 54.6 Å². The minimum absolute atomic E-state index is 0.366. The molecule has 0 aliphatic carbocycles. The predicted octanol–water partition coefficient (Wildman–Crippen LogP) is 3.41. The van der Waals surface area contributed by atoms with Crippen molar-refractivity contribution in [2.75, 3.05) is 19.7 Å². The van der Waals surface area contributed by atoms with E-state index in [0.29, 0.717) is 13.2 Å². The van der Waals surface area contributed by atoms with Crippen LogP contribution >= 0.6 is 0 Å². The van der Waals surface area contributed by atoms with Gasteiger partial charge in [-0.25, -0.2) is 0 Å². The Labute approximate surface area is 141 Å². The first-order valence-electron chi connectivity index (χ1n) is 8.15. The molecule has 5 nitrogen and oxygen atoms in total. The number of carboxylic acid groups (broad SMARTS) is 1. The van der Waals surface area contributed by atoms with Gasteiger partial charge < -0.3 is 14.6 Å². The largest absolute Gasteiger partial charge is 0.492 e. The molecule has 5 heteroatoms. The molecular formula is C19H21NO4. The van der Waals surface area contributed by atoms with Crippen LogP contribution in [-0.4, -0.2) is 41.7 Å². The lowest BCUT2D eigenvalue weighted by atomic mass is 10.2. The standard InChI is InChI=1S/C19H21NO4/c21-19(22)18-7-4-12-20(18)13-14-23-15-8-10-17(11-9-15)24-16-5-2-1-3-6-16/h1-3,5-6,8-11,18H,4,7,12-14H2,(H,21,22)/t18-/m0/s1. The van der Waals surface area contributed by atoms with Crippen LogP contribution in [0.25, 0.3) is 0 Å². The summed E-state index contributed by atoms with van der Waals surface area (Å²) in [6.45, 7) is 1.92. The fourth-order valence-corrected chi connectivity index (χ4v) is 2.88. The Morgan fingerprint density at radius 2 is 1.71 bits per heavy atom. The van der Waals surface area contributed by atoms with Gasteiger partial charge in [0.1, 0.15) is 29.9 Å². The van der Waals surface area contributed by atoms with Gasteiger partial charge in [-0.1, -0.05) is 18.2 Å². The Balaban J connectivity index is 1.47. The molecule has 1 heterocycles. The highest BCUT2D eigenvalue weighted by molar-refractivity contribution is 5.73. The Hall–Kier alpha value is -2.53. The number of hydrogen-bond donors (Lipinski definition) is 1. The maximum atomic E-state index is 11.1. The molecule has 0 bridgehead atoms. The van der Waals surface area contributed by atoms with Crippen LogP contribution < -0.4 is 9.47 Å². The van der Waals surface area contributed by atoms with Gasteiger partial charge in [0.25, 0.3) is 0 Å². The van der Waals surface area contributed by atoms with Gasteiger partial charge in [-0.2, -0.15) is 0 Å². The second-order valence-electron chi connectivity index (χ2n) is 5.77. The highest BCUT2D eigenvalue weighted by atomic mass is 16.5. The van der Waals surface area contributed by atoms with Gasteiger partial charge in [0.15, 0.2) is 0 Å². The van der Waals surface area contributed by atoms with Crippen molar-refractivity contribution in [1.82, 2.24) is 4.90 Å². The van der Waals surface area contributed by atoms with Gasteiger partial charge in [-0.05, 0) is 55.8 Å². The molecule has 0 aromatic heterocycles. The van der Waals surface area contributed by atoms with Gasteiger partial charge in [0.2, 0.25) is 0 Å². The highest BCUT2D eigenvalue weighted by Gasteiger charge is 2.29. The van der Waals surface area contributed by atoms with Crippen LogP contribution in [0.4, 0.5) is 0 Å². The van der Waals surface area contributed by atoms with E-state index in [2.05, 4.69) is 0 Å². The molecule has 1 N–H and O–H groups in total. The van der Waals surface area contributed by atoms with Crippen LogP contribution in [-0.2, 0) is 4.79 Å². The molecule has 1 aliphatic heterocycles. The van der Waals surface area contributed by atoms with Crippen molar-refractivity contribution >= 4 is 5.97 Å². The summed E-state index contributed by atoms with van der Waals surface area (Å²) in [6, 6.07) is 16.7. The fourth-order valence-electron chi connectivity index (χ4n) is 2.88. The maximum absolute atomic E-state index is 11.1. The van der Waals surface area contributed by atoms with E-state index in [1.54, 1.807) is 0 Å². The molecule has 0 unspecified atom stereocenters. The first-order valence-corrected chi connectivity index (χ1v) is 8.15. The van der Waals surface area contributed by atoms with Crippen LogP contribution in [0.3, 0.4) is 0 Å². The zero-order valence-corrected chi connectivity index (χ0v) is 13.4. The summed E-state index contributed by atoms with van der Waals surface area (Å²) < 4.78 is 11.4. The zero-order valence-electron chi connectivity index (χ0n) is 13.4. The van der Waals surface area contributed by atoms with Crippen molar-refractivity contribution in [2.45, 2.75) is 18.9 Å². The second kappa shape index (κ2) is 7.84. The molecular weight excluding hydrogens is 306 g/mol. The SMILES string of the molecule is O=C(O)[C@@H]1CCCN1CCOc1ccc(Oc2ccccc2)cc1. The molecule has 1 fully saturated rings. The number of likely N-dealkylation sites (tertiary alicyclic amines) is 1. The molecule has 0 amide bonds. The minimum atomic E-state index is -0.741. The van der Waals surface area contributed by atoms with Crippen molar-refractivity contribution in [3.05, 3.63) is 54.6 Å². The lowest BCUT2D eigenvalue weighted by molar-refractivity contribution is -0.142. The third-order valence-corrected chi connectivity index (χ3v) is 4.10. The number of carboxylic acids is 1. The van der Waals surface area contributed by atoms with Gasteiger partial charge in [0, 0.05) is 6.54 Å². The van der Waals surface area contributed by atoms with Crippen LogP contribution in [0.1, 0.15) is 12.8 Å². The first kappa shape index (κ1) is 16.3. The van der Waals surface area contributed by atoms with Crippen molar-refractivity contribution in [1.29, 1.82) is 0 Å². The molecule has 3 rings (SSSR count). The summed E-state index contributed by atoms with van der Waals surface area (Å²) in [5.41, 5.74) is 0. The molecule has 1 atom stereocenters. The molecule has 2 aromatic rings. The average molecular weight is 327 g/mol. The quantitative estimate of drug-likeness (QED) is 0.844. The zero-order chi connectivity index (χ0) is 16.8. The van der Waals surface area contributed by atoms with Crippen LogP contribution in [0, 0.1) is 0 Å². The van der Waals surface area contributed by atoms with E-state index >= 15 is 0 Å². The third kappa shape index (κ3) is 4.26. The van der Waals surface area contributed by atoms with E-state index in [1.165, 1.54) is 0 Å². The topological polar surface area (TPSA) is 59.0 Å². The summed E-state index contributed by atoms with van der Waals surface area (Å²) >= 11 is 0. The number of nitrogens with zero attached hydrogens (tertiary/aromatic N) is 1. The molecule has 126 valence electrons. The number of rotatable bonds is 7. The van der Waals surface area contributed by atoms with Crippen LogP contribution in [0.5, 0.6) is 17.2 Å². The molecule has 1 saturated heterocycles. The second-order valence-corrected chi connectivity index (χ2v) is 5.77. The number of benzene rings is 2. The summed E-state index contributed by atoms with van der Waals surface area (Å²) in [6.07, 6.45) is 1.66. The summed E-state index contributed by atoms with van der Waals surface area (Å²) in [7, 11) is 0. The Morgan fingerprint density at radius 1 is 1.04 bits per heavy atom. The van der Waals surface area contributed by atoms with Gasteiger partial charge in [0.05, 0.1) is 0 Å². The van der Waals surface area contributed by atoms with Gasteiger partial charge in [-0.15, -0.1) is 0 Å².